The van der Waals surface area contributed by atoms with Gasteiger partial charge >= 0.3 is 24.3 Å². The van der Waals surface area contributed by atoms with E-state index >= 15 is 0 Å². The Morgan fingerprint density at radius 3 is 1.41 bits per heavy atom. The van der Waals surface area contributed by atoms with E-state index in [2.05, 4.69) is 41.1 Å². The van der Waals surface area contributed by atoms with Crippen LogP contribution in [0, 0.1) is 0 Å². The molecule has 0 aliphatic rings. The molecule has 0 aliphatic carbocycles. The lowest BCUT2D eigenvalue weighted by Crippen LogP contribution is -2.19. The fourth-order valence-corrected chi connectivity index (χ4v) is 6.11. The number of rotatable bonds is 8. The van der Waals surface area contributed by atoms with E-state index < -0.39 is 35.6 Å². The molecule has 8 aromatic rings. The van der Waals surface area contributed by atoms with E-state index in [0.717, 1.165) is 51.6 Å². The van der Waals surface area contributed by atoms with Crippen LogP contribution in [0.2, 0.25) is 0 Å². The van der Waals surface area contributed by atoms with E-state index in [9.17, 15) is 46.1 Å². The van der Waals surface area contributed by atoms with Gasteiger partial charge in [-0.2, -0.15) is 26.3 Å². The van der Waals surface area contributed by atoms with Crippen LogP contribution in [0.5, 0.6) is 11.5 Å². The van der Waals surface area contributed by atoms with E-state index in [1.165, 1.54) is 7.11 Å². The summed E-state index contributed by atoms with van der Waals surface area (Å²) in [7, 11) is 1.37. The molecule has 0 radical (unpaired) electrons. The number of fused-ring (bicyclic) bond motifs is 2. The number of halogens is 7. The molecule has 2 heterocycles. The van der Waals surface area contributed by atoms with Crippen molar-refractivity contribution in [2.75, 3.05) is 7.11 Å². The molecule has 2 N–H and O–H groups in total. The first-order valence-electron chi connectivity index (χ1n) is 18.0. The van der Waals surface area contributed by atoms with Gasteiger partial charge in [0.05, 0.1) is 18.2 Å². The molecule has 2 atom stereocenters. The number of carbonyl (C=O) groups excluding carboxylic acids is 1. The average Bonchev–Trinajstić information content (AvgIpc) is 3.90. The molecule has 0 amide bonds. The number of hydrogen-bond acceptors (Lipinski definition) is 9. The molecule has 8 rings (SSSR count). The van der Waals surface area contributed by atoms with Crippen LogP contribution >= 0.6 is 15.9 Å². The Bertz CT molecular complexity index is 2740. The third-order valence-corrected chi connectivity index (χ3v) is 9.57. The van der Waals surface area contributed by atoms with Crippen LogP contribution in [0.3, 0.4) is 0 Å². The standard InChI is InChI=1S/C21H14F3N3O3.C13H8F3N3O.C9H9BrO2.2CH4/c22-21(23,24)14-10-11-18(30-19(20(28)29)13-6-2-1-3-7-13)17(12-14)27-25-15-8-4-5-9-16(15)26-27;14-13(15,16)8-5-6-12(20)11(7-8)19-17-9-3-1-2-4-10(9)18-19;1-12-9(11)8(10)7-5-3-2-4-6-7;;/h1-12,19H,(H,28,29);1-7,20H;2-6,8H,1H3;2*1H4. The summed E-state index contributed by atoms with van der Waals surface area (Å²) in [5.74, 6) is -1.98. The molecule has 0 spiro atoms. The van der Waals surface area contributed by atoms with Gasteiger partial charge in [0.2, 0.25) is 6.10 Å². The van der Waals surface area contributed by atoms with Crippen molar-refractivity contribution in [3.63, 3.8) is 0 Å². The van der Waals surface area contributed by atoms with Gasteiger partial charge in [0.25, 0.3) is 0 Å². The first-order valence-corrected chi connectivity index (χ1v) is 18.9. The molecule has 2 aromatic heterocycles. The number of carbonyl (C=O) groups is 2. The van der Waals surface area contributed by atoms with Crippen LogP contribution in [0.15, 0.2) is 146 Å². The molecule has 0 saturated carbocycles. The van der Waals surface area contributed by atoms with Crippen LogP contribution in [0.4, 0.5) is 26.3 Å². The summed E-state index contributed by atoms with van der Waals surface area (Å²) in [6, 6.07) is 36.5. The van der Waals surface area contributed by atoms with Crippen molar-refractivity contribution in [2.45, 2.75) is 38.1 Å². The summed E-state index contributed by atoms with van der Waals surface area (Å²) < 4.78 is 88.2. The van der Waals surface area contributed by atoms with Crippen LogP contribution in [0.25, 0.3) is 33.4 Å². The average molecular weight is 954 g/mol. The van der Waals surface area contributed by atoms with E-state index in [1.807, 2.05) is 30.3 Å². The number of alkyl halides is 7. The lowest BCUT2D eigenvalue weighted by molar-refractivity contribution is -0.145. The summed E-state index contributed by atoms with van der Waals surface area (Å²) in [5, 5.41) is 35.8. The summed E-state index contributed by atoms with van der Waals surface area (Å²) in [5.41, 5.74) is 1.22. The zero-order valence-electron chi connectivity index (χ0n) is 31.9. The highest BCUT2D eigenvalue weighted by atomic mass is 79.9. The molecule has 19 heteroatoms. The fourth-order valence-electron chi connectivity index (χ4n) is 5.62. The lowest BCUT2D eigenvalue weighted by Gasteiger charge is -2.18. The maximum Gasteiger partial charge on any atom is 0.416 e. The number of carboxylic acids is 1. The van der Waals surface area contributed by atoms with E-state index in [-0.39, 0.29) is 48.5 Å². The summed E-state index contributed by atoms with van der Waals surface area (Å²) in [6.07, 6.45) is -10.5. The predicted octanol–water partition coefficient (Wildman–Crippen LogP) is 11.4. The number of aromatic nitrogens is 6. The summed E-state index contributed by atoms with van der Waals surface area (Å²) in [4.78, 5) is 24.5. The molecule has 2 unspecified atom stereocenters. The van der Waals surface area contributed by atoms with E-state index in [1.54, 1.807) is 78.9 Å². The largest absolute Gasteiger partial charge is 0.506 e. The Balaban J connectivity index is 0.000000228. The molecule has 0 saturated heterocycles. The van der Waals surface area contributed by atoms with Crippen molar-refractivity contribution in [3.8, 4) is 22.9 Å². The SMILES string of the molecule is C.C.COC(=O)C(Br)c1ccccc1.O=C(O)C(Oc1ccc(C(F)(F)F)cc1-n1nc2ccccc2n1)c1ccccc1.Oc1ccc(C(F)(F)F)cc1-n1nc2ccccc2n1. The zero-order chi connectivity index (χ0) is 44.6. The smallest absolute Gasteiger partial charge is 0.416 e. The number of aromatic hydroxyl groups is 1. The second-order valence-corrected chi connectivity index (χ2v) is 13.8. The maximum absolute atomic E-state index is 13.3. The number of phenols is 1. The molecular formula is C45H39BrF6N6O6. The molecule has 12 nitrogen and oxygen atoms in total. The fraction of sp³-hybridized carbons (Fsp3) is 0.156. The summed E-state index contributed by atoms with van der Waals surface area (Å²) >= 11 is 3.24. The number of esters is 1. The number of benzene rings is 6. The number of methoxy groups -OCH3 is 1. The van der Waals surface area contributed by atoms with Gasteiger partial charge < -0.3 is 19.7 Å². The van der Waals surface area contributed by atoms with Crippen molar-refractivity contribution in [1.29, 1.82) is 0 Å². The van der Waals surface area contributed by atoms with Crippen LogP contribution < -0.4 is 4.74 Å². The molecule has 334 valence electrons. The van der Waals surface area contributed by atoms with Crippen LogP contribution in [-0.2, 0) is 26.7 Å². The number of carboxylic acid groups (broad SMARTS) is 1. The minimum atomic E-state index is -4.61. The topological polar surface area (TPSA) is 154 Å². The van der Waals surface area contributed by atoms with Crippen molar-refractivity contribution in [2.24, 2.45) is 0 Å². The predicted molar refractivity (Wildman–Crippen MR) is 230 cm³/mol. The minimum absolute atomic E-state index is 0. The van der Waals surface area contributed by atoms with Gasteiger partial charge in [0.1, 0.15) is 49.8 Å². The third kappa shape index (κ3) is 12.0. The molecule has 0 aliphatic heterocycles. The van der Waals surface area contributed by atoms with E-state index in [4.69, 9.17) is 4.74 Å². The van der Waals surface area contributed by atoms with Crippen molar-refractivity contribution in [1.82, 2.24) is 30.0 Å². The monoisotopic (exact) mass is 952 g/mol. The molecule has 64 heavy (non-hydrogen) atoms. The Morgan fingerprint density at radius 1 is 0.594 bits per heavy atom. The second kappa shape index (κ2) is 21.2. The van der Waals surface area contributed by atoms with Gasteiger partial charge in [0, 0.05) is 5.56 Å². The van der Waals surface area contributed by atoms with Crippen molar-refractivity contribution in [3.05, 3.63) is 168 Å². The first-order chi connectivity index (χ1) is 29.5. The number of aliphatic carboxylic acids is 1. The molecular weight excluding hydrogens is 914 g/mol. The zero-order valence-corrected chi connectivity index (χ0v) is 33.5. The normalized spacial score (nSPS) is 11.9. The molecule has 0 bridgehead atoms. The highest BCUT2D eigenvalue weighted by molar-refractivity contribution is 9.09. The van der Waals surface area contributed by atoms with Gasteiger partial charge in [-0.25, -0.2) is 4.79 Å². The first kappa shape index (κ1) is 49.4. The Kier molecular flexibility index (Phi) is 16.4. The number of phenolic OH excluding ortho intramolecular Hbond substituents is 1. The molecule has 6 aromatic carbocycles. The van der Waals surface area contributed by atoms with Gasteiger partial charge in [0.15, 0.2) is 0 Å². The van der Waals surface area contributed by atoms with Gasteiger partial charge in [-0.3, -0.25) is 4.79 Å². The van der Waals surface area contributed by atoms with Crippen molar-refractivity contribution >= 4 is 49.9 Å². The number of hydrogen-bond donors (Lipinski definition) is 2. The Hall–Kier alpha value is -7.28. The Labute approximate surface area is 370 Å². The quantitative estimate of drug-likeness (QED) is 0.0854. The lowest BCUT2D eigenvalue weighted by atomic mass is 10.1. The summed E-state index contributed by atoms with van der Waals surface area (Å²) in [6.45, 7) is 0. The maximum atomic E-state index is 13.3. The van der Waals surface area contributed by atoms with Gasteiger partial charge in [-0.05, 0) is 66.2 Å². The third-order valence-electron chi connectivity index (χ3n) is 8.67. The number of ether oxygens (including phenoxy) is 2. The van der Waals surface area contributed by atoms with Gasteiger partial charge in [-0.15, -0.1) is 30.0 Å². The van der Waals surface area contributed by atoms with Crippen molar-refractivity contribution < 1.29 is 55.6 Å². The van der Waals surface area contributed by atoms with E-state index in [0.29, 0.717) is 27.6 Å². The van der Waals surface area contributed by atoms with Gasteiger partial charge in [-0.1, -0.05) is 116 Å². The van der Waals surface area contributed by atoms with Crippen LogP contribution in [-0.4, -0.2) is 59.2 Å². The van der Waals surface area contributed by atoms with Crippen LogP contribution in [0.1, 0.15) is 48.0 Å². The highest BCUT2D eigenvalue weighted by Gasteiger charge is 2.33. The minimum Gasteiger partial charge on any atom is -0.506 e. The Morgan fingerprint density at radius 2 is 0.984 bits per heavy atom. The highest BCUT2D eigenvalue weighted by Crippen LogP contribution is 2.36. The molecule has 0 fully saturated rings. The number of nitrogens with zero attached hydrogens (tertiary/aromatic N) is 6. The second-order valence-electron chi connectivity index (χ2n) is 12.9.